The third kappa shape index (κ3) is 7.23. The highest BCUT2D eigenvalue weighted by atomic mass is 15.0. The Bertz CT molecular complexity index is 3720. The van der Waals surface area contributed by atoms with E-state index >= 15 is 0 Å². The van der Waals surface area contributed by atoms with Gasteiger partial charge < -0.3 is 9.13 Å². The quantitative estimate of drug-likeness (QED) is 0.160. The normalized spacial score (nSPS) is 11.4. The first-order valence-electron chi connectivity index (χ1n) is 23.8. The van der Waals surface area contributed by atoms with Crippen LogP contribution in [0.25, 0.3) is 111 Å². The van der Waals surface area contributed by atoms with Crippen molar-refractivity contribution in [2.24, 2.45) is 0 Å². The molecule has 0 aliphatic heterocycles. The van der Waals surface area contributed by atoms with Gasteiger partial charge >= 0.3 is 0 Å². The van der Waals surface area contributed by atoms with E-state index in [2.05, 4.69) is 231 Å². The number of nitriles is 2. The average Bonchev–Trinajstić information content (AvgIpc) is 3.89. The molecule has 12 rings (SSSR count). The second kappa shape index (κ2) is 16.8. The van der Waals surface area contributed by atoms with Crippen molar-refractivity contribution in [3.8, 4) is 79.1 Å². The van der Waals surface area contributed by atoms with E-state index in [1.54, 1.807) is 0 Å². The number of fused-ring (bicyclic) bond motifs is 6. The molecule has 0 radical (unpaired) electrons. The van der Waals surface area contributed by atoms with Crippen LogP contribution in [-0.4, -0.2) is 9.13 Å². The van der Waals surface area contributed by atoms with E-state index in [1.807, 2.05) is 24.3 Å². The van der Waals surface area contributed by atoms with E-state index in [0.29, 0.717) is 22.3 Å². The highest BCUT2D eigenvalue weighted by Gasteiger charge is 2.20. The molecule has 0 aliphatic rings. The minimum Gasteiger partial charge on any atom is -0.309 e. The number of hydrogen-bond donors (Lipinski definition) is 0. The fraction of sp³-hybridized carbons (Fsp3) is 0.0606. The van der Waals surface area contributed by atoms with Gasteiger partial charge in [-0.1, -0.05) is 156 Å². The summed E-state index contributed by atoms with van der Waals surface area (Å²) >= 11 is 0. The average molecular weight is 895 g/mol. The minimum absolute atomic E-state index is 0.494. The zero-order valence-electron chi connectivity index (χ0n) is 39.4. The molecule has 0 unspecified atom stereocenters. The van der Waals surface area contributed by atoms with Gasteiger partial charge in [0.05, 0.1) is 45.3 Å². The molecule has 4 nitrogen and oxygen atoms in total. The van der Waals surface area contributed by atoms with Crippen LogP contribution in [0, 0.1) is 50.4 Å². The third-order valence-corrected chi connectivity index (χ3v) is 14.0. The van der Waals surface area contributed by atoms with Gasteiger partial charge in [-0.15, -0.1) is 0 Å². The maximum absolute atomic E-state index is 10.9. The molecule has 0 N–H and O–H groups in total. The highest BCUT2D eigenvalue weighted by Crippen LogP contribution is 2.41. The Labute approximate surface area is 407 Å². The van der Waals surface area contributed by atoms with Crippen molar-refractivity contribution in [1.29, 1.82) is 10.5 Å². The number of aromatic nitrogens is 2. The highest BCUT2D eigenvalue weighted by molar-refractivity contribution is 6.13. The molecule has 10 aromatic carbocycles. The number of nitrogens with zero attached hydrogens (tertiary/aromatic N) is 4. The molecule has 0 amide bonds. The minimum atomic E-state index is 0.494. The summed E-state index contributed by atoms with van der Waals surface area (Å²) in [5.41, 5.74) is 22.5. The van der Waals surface area contributed by atoms with Crippen molar-refractivity contribution in [3.63, 3.8) is 0 Å². The second-order valence-electron chi connectivity index (χ2n) is 18.8. The summed E-state index contributed by atoms with van der Waals surface area (Å²) in [6, 6.07) is 78.4. The molecule has 2 heterocycles. The fourth-order valence-electron chi connectivity index (χ4n) is 10.6. The number of aryl methyl sites for hydroxylation is 4. The van der Waals surface area contributed by atoms with Gasteiger partial charge in [0.25, 0.3) is 0 Å². The van der Waals surface area contributed by atoms with Crippen LogP contribution in [0.4, 0.5) is 0 Å². The topological polar surface area (TPSA) is 57.4 Å². The second-order valence-corrected chi connectivity index (χ2v) is 18.8. The first kappa shape index (κ1) is 42.2. The zero-order chi connectivity index (χ0) is 47.6. The zero-order valence-corrected chi connectivity index (χ0v) is 39.4. The standard InChI is InChI=1S/C66H46N4/c1-41-9-5-13-45(29-41)49-17-25-63-59(35-49)60-36-50(46-14-6-10-42(2)30-46)18-26-64(60)69(63)55-21-23-57(53(33-55)39-67)58-24-22-56(34-54(58)40-68)70-65-27-19-51(47-15-7-11-43(3)31-47)37-61(65)62-38-52(20-28-66(62)70)48-16-8-12-44(4)32-48/h5-38H,1-4H3. The molecular formula is C66H46N4. The Balaban J connectivity index is 0.987. The van der Waals surface area contributed by atoms with Gasteiger partial charge in [0.15, 0.2) is 0 Å². The lowest BCUT2D eigenvalue weighted by atomic mass is 9.95. The summed E-state index contributed by atoms with van der Waals surface area (Å²) in [6.07, 6.45) is 0. The monoisotopic (exact) mass is 894 g/mol. The van der Waals surface area contributed by atoms with E-state index in [0.717, 1.165) is 77.2 Å². The molecular weight excluding hydrogens is 849 g/mol. The molecule has 0 atom stereocenters. The molecule has 0 bridgehead atoms. The summed E-state index contributed by atoms with van der Waals surface area (Å²) < 4.78 is 4.53. The maximum atomic E-state index is 10.9. The molecule has 0 spiro atoms. The van der Waals surface area contributed by atoms with Crippen LogP contribution in [0.5, 0.6) is 0 Å². The smallest absolute Gasteiger partial charge is 0.0998 e. The Kier molecular flexibility index (Phi) is 10.1. The van der Waals surface area contributed by atoms with Crippen LogP contribution in [0.1, 0.15) is 33.4 Å². The molecule has 12 aromatic rings. The Hall–Kier alpha value is -9.22. The summed E-state index contributed by atoms with van der Waals surface area (Å²) in [4.78, 5) is 0. The van der Waals surface area contributed by atoms with Crippen molar-refractivity contribution in [1.82, 2.24) is 9.13 Å². The van der Waals surface area contributed by atoms with Gasteiger partial charge in [-0.25, -0.2) is 0 Å². The van der Waals surface area contributed by atoms with Crippen LogP contribution >= 0.6 is 0 Å². The van der Waals surface area contributed by atoms with Gasteiger partial charge in [0, 0.05) is 44.0 Å². The van der Waals surface area contributed by atoms with Crippen LogP contribution < -0.4 is 0 Å². The van der Waals surface area contributed by atoms with Crippen LogP contribution in [0.15, 0.2) is 206 Å². The van der Waals surface area contributed by atoms with E-state index in [9.17, 15) is 10.5 Å². The molecule has 0 aliphatic carbocycles. The fourth-order valence-corrected chi connectivity index (χ4v) is 10.6. The SMILES string of the molecule is Cc1cccc(-c2ccc3c(c2)c2cc(-c4cccc(C)c4)ccc2n3-c2ccc(-c3ccc(-n4c5ccc(-c6cccc(C)c6)cc5c5cc(-c6cccc(C)c6)ccc54)cc3C#N)c(C#N)c2)c1. The predicted molar refractivity (Wildman–Crippen MR) is 291 cm³/mol. The molecule has 330 valence electrons. The third-order valence-electron chi connectivity index (χ3n) is 14.0. The number of rotatable bonds is 7. The lowest BCUT2D eigenvalue weighted by Crippen LogP contribution is -1.99. The van der Waals surface area contributed by atoms with Crippen molar-refractivity contribution >= 4 is 43.6 Å². The van der Waals surface area contributed by atoms with Gasteiger partial charge in [0.2, 0.25) is 0 Å². The van der Waals surface area contributed by atoms with E-state index in [4.69, 9.17) is 0 Å². The molecule has 0 saturated carbocycles. The van der Waals surface area contributed by atoms with Gasteiger partial charge in [-0.3, -0.25) is 0 Å². The summed E-state index contributed by atoms with van der Waals surface area (Å²) in [6.45, 7) is 8.51. The van der Waals surface area contributed by atoms with Crippen LogP contribution in [0.3, 0.4) is 0 Å². The Morgan fingerprint density at radius 1 is 0.286 bits per heavy atom. The molecule has 4 heteroatoms. The van der Waals surface area contributed by atoms with Crippen molar-refractivity contribution in [2.75, 3.05) is 0 Å². The predicted octanol–water partition coefficient (Wildman–Crippen LogP) is 17.2. The largest absolute Gasteiger partial charge is 0.309 e. The van der Waals surface area contributed by atoms with Crippen molar-refractivity contribution < 1.29 is 0 Å². The lowest BCUT2D eigenvalue weighted by Gasteiger charge is -2.14. The van der Waals surface area contributed by atoms with Crippen molar-refractivity contribution in [3.05, 3.63) is 240 Å². The van der Waals surface area contributed by atoms with E-state index in [-0.39, 0.29) is 0 Å². The van der Waals surface area contributed by atoms with E-state index < -0.39 is 0 Å². The first-order valence-corrected chi connectivity index (χ1v) is 23.8. The van der Waals surface area contributed by atoms with Crippen LogP contribution in [0.2, 0.25) is 0 Å². The Morgan fingerprint density at radius 2 is 0.557 bits per heavy atom. The molecule has 0 saturated heterocycles. The molecule has 2 aromatic heterocycles. The maximum Gasteiger partial charge on any atom is 0.0998 e. The van der Waals surface area contributed by atoms with Gasteiger partial charge in [-0.05, 0) is 145 Å². The van der Waals surface area contributed by atoms with Gasteiger partial charge in [0.1, 0.15) is 0 Å². The Morgan fingerprint density at radius 3 is 0.814 bits per heavy atom. The van der Waals surface area contributed by atoms with Gasteiger partial charge in [-0.2, -0.15) is 10.5 Å². The van der Waals surface area contributed by atoms with Crippen LogP contribution in [-0.2, 0) is 0 Å². The summed E-state index contributed by atoms with van der Waals surface area (Å²) in [7, 11) is 0. The lowest BCUT2D eigenvalue weighted by molar-refractivity contribution is 1.17. The summed E-state index contributed by atoms with van der Waals surface area (Å²) in [5.74, 6) is 0. The van der Waals surface area contributed by atoms with E-state index in [1.165, 1.54) is 44.5 Å². The molecule has 70 heavy (non-hydrogen) atoms. The molecule has 0 fully saturated rings. The number of hydrogen-bond acceptors (Lipinski definition) is 2. The first-order chi connectivity index (χ1) is 34.2. The summed E-state index contributed by atoms with van der Waals surface area (Å²) in [5, 5.41) is 26.3. The number of benzene rings is 10. The van der Waals surface area contributed by atoms with Crippen molar-refractivity contribution in [2.45, 2.75) is 27.7 Å².